The zero-order valence-corrected chi connectivity index (χ0v) is 52.9. The van der Waals surface area contributed by atoms with Crippen molar-refractivity contribution in [2.24, 2.45) is 0 Å². The van der Waals surface area contributed by atoms with Crippen molar-refractivity contribution in [2.45, 2.75) is 373 Å². The Kier molecular flexibility index (Phi) is 58.3. The van der Waals surface area contributed by atoms with Crippen molar-refractivity contribution in [3.8, 4) is 0 Å². The number of phosphoric ester groups is 1. The average molecular weight is 1100 g/mol. The number of aliphatic hydroxyl groups excluding tert-OH is 1. The molecule has 1 amide bonds. The summed E-state index contributed by atoms with van der Waals surface area (Å²) >= 11 is 0. The van der Waals surface area contributed by atoms with Gasteiger partial charge in [-0.2, -0.15) is 0 Å². The Morgan fingerprint density at radius 1 is 0.447 bits per heavy atom. The van der Waals surface area contributed by atoms with E-state index in [1.54, 1.807) is 6.08 Å². The lowest BCUT2D eigenvalue weighted by Crippen LogP contribution is -2.45. The number of hydrogen-bond acceptors (Lipinski definition) is 6. The van der Waals surface area contributed by atoms with E-state index in [-0.39, 0.29) is 19.1 Å². The Balaban J connectivity index is 4.06. The molecule has 2 N–H and O–H groups in total. The number of phosphoric acid groups is 1. The van der Waals surface area contributed by atoms with E-state index >= 15 is 0 Å². The number of allylic oxidation sites excluding steroid dienone is 1. The summed E-state index contributed by atoms with van der Waals surface area (Å²) in [7, 11) is 1.28. The van der Waals surface area contributed by atoms with Crippen LogP contribution in [0.5, 0.6) is 0 Å². The molecule has 0 saturated carbocycles. The molecule has 0 aromatic carbocycles. The molecule has 76 heavy (non-hydrogen) atoms. The van der Waals surface area contributed by atoms with Crippen molar-refractivity contribution in [3.05, 3.63) is 12.2 Å². The first-order chi connectivity index (χ1) is 37.0. The summed E-state index contributed by atoms with van der Waals surface area (Å²) in [4.78, 5) is 25.6. The minimum atomic E-state index is -4.60. The van der Waals surface area contributed by atoms with Gasteiger partial charge in [-0.05, 0) is 19.3 Å². The van der Waals surface area contributed by atoms with Crippen LogP contribution in [0.1, 0.15) is 361 Å². The minimum Gasteiger partial charge on any atom is -0.756 e. The highest BCUT2D eigenvalue weighted by Gasteiger charge is 2.23. The molecule has 0 aliphatic carbocycles. The largest absolute Gasteiger partial charge is 0.756 e. The van der Waals surface area contributed by atoms with Crippen molar-refractivity contribution in [1.82, 2.24) is 5.32 Å². The van der Waals surface area contributed by atoms with Crippen molar-refractivity contribution in [2.75, 3.05) is 40.9 Å². The molecule has 0 aromatic rings. The van der Waals surface area contributed by atoms with Crippen molar-refractivity contribution in [3.63, 3.8) is 0 Å². The molecule has 0 aromatic heterocycles. The summed E-state index contributed by atoms with van der Waals surface area (Å²) in [5.74, 6) is -0.187. The van der Waals surface area contributed by atoms with E-state index in [1.807, 2.05) is 27.2 Å². The molecule has 3 atom stereocenters. The standard InChI is InChI=1S/C67H135N2O6P/c1-6-8-10-12-14-16-18-20-22-24-26-28-30-32-34-36-38-40-42-44-46-48-50-52-54-56-58-60-66(70)65(64-75-76(72,73)74-63-62-69(3,4)5)68-67(71)61-59-57-55-53-51-49-47-45-43-41-39-37-35-33-31-29-27-25-23-21-19-17-15-13-11-9-7-2/h58,60,65-66,70H,6-57,59,61-64H2,1-5H3,(H-,68,71,72,73)/b60-58+. The average Bonchev–Trinajstić information content (AvgIpc) is 3.38. The predicted molar refractivity (Wildman–Crippen MR) is 330 cm³/mol. The summed E-state index contributed by atoms with van der Waals surface area (Å²) in [6, 6.07) is -0.883. The molecule has 0 rings (SSSR count). The van der Waals surface area contributed by atoms with Gasteiger partial charge in [-0.1, -0.05) is 347 Å². The fourth-order valence-electron chi connectivity index (χ4n) is 10.7. The van der Waals surface area contributed by atoms with Gasteiger partial charge in [-0.15, -0.1) is 0 Å². The first-order valence-electron chi connectivity index (χ1n) is 34.1. The number of unbranched alkanes of at least 4 members (excludes halogenated alkanes) is 51. The van der Waals surface area contributed by atoms with E-state index in [9.17, 15) is 19.4 Å². The number of carbonyl (C=O) groups is 1. The predicted octanol–water partition coefficient (Wildman–Crippen LogP) is 20.7. The van der Waals surface area contributed by atoms with Gasteiger partial charge in [0.05, 0.1) is 39.9 Å². The second kappa shape index (κ2) is 58.9. The monoisotopic (exact) mass is 1100 g/mol. The maximum absolute atomic E-state index is 13.0. The number of nitrogens with one attached hydrogen (secondary N) is 1. The Morgan fingerprint density at radius 3 is 0.987 bits per heavy atom. The first kappa shape index (κ1) is 75.2. The van der Waals surface area contributed by atoms with Crippen LogP contribution in [-0.4, -0.2) is 68.5 Å². The highest BCUT2D eigenvalue weighted by molar-refractivity contribution is 7.45. The quantitative estimate of drug-likeness (QED) is 0.0272. The van der Waals surface area contributed by atoms with E-state index < -0.39 is 20.0 Å². The van der Waals surface area contributed by atoms with Crippen LogP contribution < -0.4 is 10.2 Å². The second-order valence-corrected chi connectivity index (χ2v) is 26.3. The van der Waals surface area contributed by atoms with Crippen LogP contribution in [0.2, 0.25) is 0 Å². The van der Waals surface area contributed by atoms with Gasteiger partial charge in [-0.3, -0.25) is 9.36 Å². The second-order valence-electron chi connectivity index (χ2n) is 24.9. The molecule has 3 unspecified atom stereocenters. The van der Waals surface area contributed by atoms with Crippen LogP contribution in [0, 0.1) is 0 Å². The van der Waals surface area contributed by atoms with Gasteiger partial charge in [0.1, 0.15) is 13.2 Å². The number of likely N-dealkylation sites (N-methyl/N-ethyl adjacent to an activating group) is 1. The topological polar surface area (TPSA) is 108 Å². The van der Waals surface area contributed by atoms with E-state index in [0.717, 1.165) is 38.5 Å². The van der Waals surface area contributed by atoms with Crippen LogP contribution in [0.15, 0.2) is 12.2 Å². The van der Waals surface area contributed by atoms with Gasteiger partial charge < -0.3 is 28.8 Å². The molecule has 9 heteroatoms. The fourth-order valence-corrected chi connectivity index (χ4v) is 11.4. The third-order valence-corrected chi connectivity index (χ3v) is 17.0. The number of hydrogen-bond donors (Lipinski definition) is 2. The zero-order valence-electron chi connectivity index (χ0n) is 52.0. The summed E-state index contributed by atoms with van der Waals surface area (Å²) in [6.45, 7) is 4.72. The van der Waals surface area contributed by atoms with Crippen molar-refractivity contribution in [1.29, 1.82) is 0 Å². The SMILES string of the molecule is CCCCCCCCCCCCCCCCCCCCCCCCCCC/C=C/C(O)C(COP(=O)([O-])OCC[N+](C)(C)C)NC(=O)CCCCCCCCCCCCCCCCCCCCCCCCCCCCC. The van der Waals surface area contributed by atoms with E-state index in [4.69, 9.17) is 9.05 Å². The van der Waals surface area contributed by atoms with E-state index in [1.165, 1.54) is 302 Å². The summed E-state index contributed by atoms with van der Waals surface area (Å²) < 4.78 is 23.5. The van der Waals surface area contributed by atoms with Crippen LogP contribution in [0.25, 0.3) is 0 Å². The van der Waals surface area contributed by atoms with Gasteiger partial charge in [-0.25, -0.2) is 0 Å². The highest BCUT2D eigenvalue weighted by Crippen LogP contribution is 2.38. The maximum Gasteiger partial charge on any atom is 0.268 e. The number of carbonyl (C=O) groups excluding carboxylic acids is 1. The van der Waals surface area contributed by atoms with Crippen molar-refractivity contribution < 1.29 is 32.9 Å². The highest BCUT2D eigenvalue weighted by atomic mass is 31.2. The molecule has 0 heterocycles. The summed E-state index contributed by atoms with van der Waals surface area (Å²) in [5, 5.41) is 14.0. The minimum absolute atomic E-state index is 0.00298. The lowest BCUT2D eigenvalue weighted by molar-refractivity contribution is -0.870. The van der Waals surface area contributed by atoms with Gasteiger partial charge in [0.15, 0.2) is 0 Å². The Labute approximate surface area is 475 Å². The van der Waals surface area contributed by atoms with Crippen LogP contribution >= 0.6 is 7.82 Å². The molecule has 0 spiro atoms. The molecule has 0 radical (unpaired) electrons. The van der Waals surface area contributed by atoms with Crippen LogP contribution in [-0.2, 0) is 18.4 Å². The molecular weight excluding hydrogens is 960 g/mol. The molecular formula is C67H135N2O6P. The zero-order chi connectivity index (χ0) is 55.6. The molecule has 0 fully saturated rings. The first-order valence-corrected chi connectivity index (χ1v) is 35.5. The third kappa shape index (κ3) is 60.9. The molecule has 0 bridgehead atoms. The van der Waals surface area contributed by atoms with Gasteiger partial charge in [0.25, 0.3) is 7.82 Å². The lowest BCUT2D eigenvalue weighted by atomic mass is 10.0. The Hall–Kier alpha value is -0.760. The van der Waals surface area contributed by atoms with Gasteiger partial charge in [0, 0.05) is 6.42 Å². The van der Waals surface area contributed by atoms with E-state index in [0.29, 0.717) is 17.4 Å². The number of nitrogens with zero attached hydrogens (tertiary/aromatic N) is 1. The molecule has 454 valence electrons. The Morgan fingerprint density at radius 2 is 0.711 bits per heavy atom. The number of aliphatic hydroxyl groups is 1. The molecule has 0 aliphatic rings. The van der Waals surface area contributed by atoms with E-state index in [2.05, 4.69) is 19.2 Å². The lowest BCUT2D eigenvalue weighted by Gasteiger charge is -2.29. The number of rotatable bonds is 64. The maximum atomic E-state index is 13.0. The number of quaternary nitrogens is 1. The van der Waals surface area contributed by atoms with Crippen LogP contribution in [0.3, 0.4) is 0 Å². The third-order valence-electron chi connectivity index (χ3n) is 16.0. The molecule has 0 saturated heterocycles. The van der Waals surface area contributed by atoms with Crippen molar-refractivity contribution >= 4 is 13.7 Å². The Bertz CT molecular complexity index is 1240. The number of amides is 1. The molecule has 0 aliphatic heterocycles. The van der Waals surface area contributed by atoms with Gasteiger partial charge >= 0.3 is 0 Å². The summed E-state index contributed by atoms with van der Waals surface area (Å²) in [5.41, 5.74) is 0. The smallest absolute Gasteiger partial charge is 0.268 e. The fraction of sp³-hybridized carbons (Fsp3) is 0.955. The summed E-state index contributed by atoms with van der Waals surface area (Å²) in [6.07, 6.45) is 74.7. The molecule has 8 nitrogen and oxygen atoms in total. The van der Waals surface area contributed by atoms with Gasteiger partial charge in [0.2, 0.25) is 5.91 Å². The normalized spacial score (nSPS) is 13.7. The van der Waals surface area contributed by atoms with Crippen LogP contribution in [0.4, 0.5) is 0 Å².